The Labute approximate surface area is 106 Å². The summed E-state index contributed by atoms with van der Waals surface area (Å²) in [6.45, 7) is 6.46. The molecule has 1 rings (SSSR count). The topological polar surface area (TPSA) is 27.7 Å². The van der Waals surface area contributed by atoms with Crippen LogP contribution >= 0.6 is 0 Å². The van der Waals surface area contributed by atoms with Gasteiger partial charge in [0.2, 0.25) is 0 Å². The maximum atomic E-state index is 5.35. The zero-order chi connectivity index (χ0) is 12.5. The van der Waals surface area contributed by atoms with Crippen LogP contribution in [0.3, 0.4) is 0 Å². The van der Waals surface area contributed by atoms with Gasteiger partial charge in [-0.25, -0.2) is 0 Å². The highest BCUT2D eigenvalue weighted by Crippen LogP contribution is 2.05. The van der Waals surface area contributed by atoms with Crippen LogP contribution in [0.2, 0.25) is 0 Å². The molecule has 0 aromatic carbocycles. The van der Waals surface area contributed by atoms with Gasteiger partial charge >= 0.3 is 0 Å². The highest BCUT2D eigenvalue weighted by molar-refractivity contribution is 4.70. The average Bonchev–Trinajstić information content (AvgIpc) is 2.30. The second kappa shape index (κ2) is 8.86. The van der Waals surface area contributed by atoms with Gasteiger partial charge in [-0.2, -0.15) is 0 Å². The van der Waals surface area contributed by atoms with Gasteiger partial charge in [0.1, 0.15) is 0 Å². The van der Waals surface area contributed by atoms with E-state index in [2.05, 4.69) is 36.3 Å². The molecule has 0 amide bonds. The van der Waals surface area contributed by atoms with Crippen LogP contribution in [0.25, 0.3) is 0 Å². The predicted octanol–water partition coefficient (Wildman–Crippen LogP) is 0.639. The molecule has 0 bridgehead atoms. The van der Waals surface area contributed by atoms with Crippen molar-refractivity contribution in [3.8, 4) is 0 Å². The summed E-state index contributed by atoms with van der Waals surface area (Å²) in [5.41, 5.74) is 0. The highest BCUT2D eigenvalue weighted by atomic mass is 16.5. The van der Waals surface area contributed by atoms with Crippen molar-refractivity contribution in [2.75, 3.05) is 60.5 Å². The van der Waals surface area contributed by atoms with Crippen molar-refractivity contribution >= 4 is 0 Å². The quantitative estimate of drug-likeness (QED) is 0.677. The second-order valence-corrected chi connectivity index (χ2v) is 5.30. The van der Waals surface area contributed by atoms with Gasteiger partial charge in [-0.3, -0.25) is 0 Å². The maximum absolute atomic E-state index is 5.35. The van der Waals surface area contributed by atoms with Crippen LogP contribution in [0.1, 0.15) is 19.3 Å². The normalized spacial score (nSPS) is 18.2. The smallest absolute Gasteiger partial charge is 0.0480 e. The Morgan fingerprint density at radius 3 is 2.41 bits per heavy atom. The first-order valence-electron chi connectivity index (χ1n) is 6.83. The monoisotopic (exact) mass is 243 g/mol. The van der Waals surface area contributed by atoms with Gasteiger partial charge in [0.25, 0.3) is 0 Å². The number of nitrogens with one attached hydrogen (secondary N) is 1. The summed E-state index contributed by atoms with van der Waals surface area (Å²) < 4.78 is 5.35. The van der Waals surface area contributed by atoms with Crippen LogP contribution < -0.4 is 5.32 Å². The SMILES string of the molecule is CN(C)CCCN(C)CCNC1CCOCC1. The minimum atomic E-state index is 0.680. The van der Waals surface area contributed by atoms with E-state index in [-0.39, 0.29) is 0 Å². The molecule has 1 aliphatic rings. The first-order valence-corrected chi connectivity index (χ1v) is 6.83. The van der Waals surface area contributed by atoms with E-state index in [9.17, 15) is 0 Å². The summed E-state index contributed by atoms with van der Waals surface area (Å²) in [6, 6.07) is 0.680. The molecule has 0 aromatic heterocycles. The molecule has 0 radical (unpaired) electrons. The summed E-state index contributed by atoms with van der Waals surface area (Å²) in [5.74, 6) is 0. The second-order valence-electron chi connectivity index (χ2n) is 5.30. The Morgan fingerprint density at radius 2 is 1.76 bits per heavy atom. The molecule has 1 N–H and O–H groups in total. The molecule has 1 fully saturated rings. The van der Waals surface area contributed by atoms with E-state index in [4.69, 9.17) is 4.74 Å². The van der Waals surface area contributed by atoms with E-state index in [0.717, 1.165) is 26.3 Å². The molecule has 4 nitrogen and oxygen atoms in total. The molecular formula is C13H29N3O. The molecular weight excluding hydrogens is 214 g/mol. The molecule has 0 unspecified atom stereocenters. The number of hydrogen-bond acceptors (Lipinski definition) is 4. The Kier molecular flexibility index (Phi) is 7.77. The Bertz CT molecular complexity index is 182. The summed E-state index contributed by atoms with van der Waals surface area (Å²) in [4.78, 5) is 4.66. The zero-order valence-corrected chi connectivity index (χ0v) is 11.7. The van der Waals surface area contributed by atoms with Crippen LogP contribution in [-0.2, 0) is 4.74 Å². The van der Waals surface area contributed by atoms with E-state index in [1.165, 1.54) is 32.4 Å². The fourth-order valence-electron chi connectivity index (χ4n) is 2.13. The maximum Gasteiger partial charge on any atom is 0.0480 e. The Balaban J connectivity index is 1.93. The Hall–Kier alpha value is -0.160. The van der Waals surface area contributed by atoms with Crippen molar-refractivity contribution in [3.05, 3.63) is 0 Å². The molecule has 0 spiro atoms. The van der Waals surface area contributed by atoms with E-state index in [1.54, 1.807) is 0 Å². The van der Waals surface area contributed by atoms with Crippen LogP contribution in [0, 0.1) is 0 Å². The lowest BCUT2D eigenvalue weighted by Crippen LogP contribution is -2.39. The third-order valence-corrected chi connectivity index (χ3v) is 3.29. The summed E-state index contributed by atoms with van der Waals surface area (Å²) in [5, 5.41) is 3.62. The third-order valence-electron chi connectivity index (χ3n) is 3.29. The van der Waals surface area contributed by atoms with Gasteiger partial charge in [-0.1, -0.05) is 0 Å². The molecule has 1 heterocycles. The van der Waals surface area contributed by atoms with Gasteiger partial charge in [0, 0.05) is 32.3 Å². The third kappa shape index (κ3) is 7.71. The molecule has 1 aliphatic heterocycles. The van der Waals surface area contributed by atoms with Crippen LogP contribution in [0.5, 0.6) is 0 Å². The van der Waals surface area contributed by atoms with Gasteiger partial charge < -0.3 is 19.9 Å². The lowest BCUT2D eigenvalue weighted by Gasteiger charge is -2.25. The van der Waals surface area contributed by atoms with E-state index < -0.39 is 0 Å². The van der Waals surface area contributed by atoms with Crippen molar-refractivity contribution in [1.29, 1.82) is 0 Å². The van der Waals surface area contributed by atoms with E-state index >= 15 is 0 Å². The molecule has 0 saturated carbocycles. The Morgan fingerprint density at radius 1 is 1.06 bits per heavy atom. The molecule has 0 atom stereocenters. The van der Waals surface area contributed by atoms with E-state index in [1.807, 2.05) is 0 Å². The first kappa shape index (κ1) is 14.9. The van der Waals surface area contributed by atoms with E-state index in [0.29, 0.717) is 6.04 Å². The number of rotatable bonds is 8. The highest BCUT2D eigenvalue weighted by Gasteiger charge is 2.12. The molecule has 102 valence electrons. The van der Waals surface area contributed by atoms with Gasteiger partial charge in [0.05, 0.1) is 0 Å². The summed E-state index contributed by atoms with van der Waals surface area (Å²) >= 11 is 0. The zero-order valence-electron chi connectivity index (χ0n) is 11.7. The van der Waals surface area contributed by atoms with Crippen molar-refractivity contribution in [1.82, 2.24) is 15.1 Å². The molecule has 0 aromatic rings. The van der Waals surface area contributed by atoms with Crippen molar-refractivity contribution in [2.45, 2.75) is 25.3 Å². The summed E-state index contributed by atoms with van der Waals surface area (Å²) in [7, 11) is 6.47. The van der Waals surface area contributed by atoms with Gasteiger partial charge in [0.15, 0.2) is 0 Å². The largest absolute Gasteiger partial charge is 0.381 e. The number of nitrogens with zero attached hydrogens (tertiary/aromatic N) is 2. The standard InChI is InChI=1S/C13H29N3O/c1-15(2)8-4-9-16(3)10-7-14-13-5-11-17-12-6-13/h13-14H,4-12H2,1-3H3. The van der Waals surface area contributed by atoms with Gasteiger partial charge in [-0.05, 0) is 53.5 Å². The van der Waals surface area contributed by atoms with Crippen LogP contribution in [-0.4, -0.2) is 76.4 Å². The lowest BCUT2D eigenvalue weighted by molar-refractivity contribution is 0.0774. The van der Waals surface area contributed by atoms with Crippen LogP contribution in [0.15, 0.2) is 0 Å². The van der Waals surface area contributed by atoms with Crippen molar-refractivity contribution in [2.24, 2.45) is 0 Å². The number of likely N-dealkylation sites (N-methyl/N-ethyl adjacent to an activating group) is 1. The first-order chi connectivity index (χ1) is 8.18. The summed E-state index contributed by atoms with van der Waals surface area (Å²) in [6.07, 6.45) is 3.59. The molecule has 17 heavy (non-hydrogen) atoms. The fourth-order valence-corrected chi connectivity index (χ4v) is 2.13. The molecule has 1 saturated heterocycles. The van der Waals surface area contributed by atoms with Crippen molar-refractivity contribution in [3.63, 3.8) is 0 Å². The lowest BCUT2D eigenvalue weighted by atomic mass is 10.1. The van der Waals surface area contributed by atoms with Gasteiger partial charge in [-0.15, -0.1) is 0 Å². The minimum absolute atomic E-state index is 0.680. The molecule has 0 aliphatic carbocycles. The molecule has 4 heteroatoms. The predicted molar refractivity (Wildman–Crippen MR) is 72.5 cm³/mol. The number of hydrogen-bond donors (Lipinski definition) is 1. The fraction of sp³-hybridized carbons (Fsp3) is 1.00. The minimum Gasteiger partial charge on any atom is -0.381 e. The van der Waals surface area contributed by atoms with Crippen molar-refractivity contribution < 1.29 is 4.74 Å². The van der Waals surface area contributed by atoms with Crippen LogP contribution in [0.4, 0.5) is 0 Å². The average molecular weight is 243 g/mol. The number of ether oxygens (including phenoxy) is 1.